The number of para-hydroxylation sites is 2. The molecule has 0 aliphatic carbocycles. The average molecular weight is 319 g/mol. The molecule has 118 valence electrons. The van der Waals surface area contributed by atoms with E-state index in [0.29, 0.717) is 6.01 Å². The van der Waals surface area contributed by atoms with Crippen molar-refractivity contribution in [2.75, 3.05) is 49.7 Å². The molecule has 0 spiro atoms. The van der Waals surface area contributed by atoms with Crippen LogP contribution in [0.4, 0.5) is 6.01 Å². The third-order valence-corrected chi connectivity index (χ3v) is 5.86. The molecule has 0 bridgehead atoms. The van der Waals surface area contributed by atoms with Gasteiger partial charge in [0, 0.05) is 30.9 Å². The van der Waals surface area contributed by atoms with Gasteiger partial charge in [0.05, 0.1) is 13.2 Å². The molecule has 0 unspecified atom stereocenters. The third kappa shape index (κ3) is 2.71. The number of benzene rings is 1. The van der Waals surface area contributed by atoms with Gasteiger partial charge in [0.15, 0.2) is 5.58 Å². The standard InChI is InChI=1S/C16H21N3O2S/c1-2-4-14-13(3-1)18-15(21-14)17-11-16(5-10-22-12-16)19-6-8-20-9-7-19/h1-4H,5-12H2,(H,17,18)/t16-/m0/s1. The van der Waals surface area contributed by atoms with E-state index in [1.54, 1.807) is 0 Å². The van der Waals surface area contributed by atoms with Crippen molar-refractivity contribution < 1.29 is 9.15 Å². The first-order chi connectivity index (χ1) is 10.9. The second-order valence-electron chi connectivity index (χ2n) is 5.97. The van der Waals surface area contributed by atoms with Crippen molar-refractivity contribution in [3.63, 3.8) is 0 Å². The van der Waals surface area contributed by atoms with Crippen molar-refractivity contribution in [1.82, 2.24) is 9.88 Å². The molecule has 1 atom stereocenters. The number of ether oxygens (including phenoxy) is 1. The lowest BCUT2D eigenvalue weighted by Crippen LogP contribution is -2.57. The Labute approximate surface area is 134 Å². The Balaban J connectivity index is 1.49. The van der Waals surface area contributed by atoms with Gasteiger partial charge in [0.25, 0.3) is 6.01 Å². The summed E-state index contributed by atoms with van der Waals surface area (Å²) >= 11 is 2.04. The number of oxazole rings is 1. The van der Waals surface area contributed by atoms with E-state index in [4.69, 9.17) is 9.15 Å². The molecule has 1 aromatic carbocycles. The molecule has 2 fully saturated rings. The molecule has 0 amide bonds. The van der Waals surface area contributed by atoms with Crippen molar-refractivity contribution >= 4 is 28.9 Å². The predicted octanol–water partition coefficient (Wildman–Crippen LogP) is 2.45. The Morgan fingerprint density at radius 2 is 2.14 bits per heavy atom. The topological polar surface area (TPSA) is 50.5 Å². The lowest BCUT2D eigenvalue weighted by atomic mass is 9.95. The van der Waals surface area contributed by atoms with E-state index in [1.807, 2.05) is 36.0 Å². The van der Waals surface area contributed by atoms with Crippen LogP contribution in [0.2, 0.25) is 0 Å². The predicted molar refractivity (Wildman–Crippen MR) is 89.6 cm³/mol. The Kier molecular flexibility index (Phi) is 3.98. The minimum absolute atomic E-state index is 0.203. The van der Waals surface area contributed by atoms with Crippen LogP contribution >= 0.6 is 11.8 Å². The van der Waals surface area contributed by atoms with Gasteiger partial charge < -0.3 is 14.5 Å². The van der Waals surface area contributed by atoms with E-state index in [9.17, 15) is 0 Å². The molecule has 3 heterocycles. The zero-order valence-corrected chi connectivity index (χ0v) is 13.4. The maximum Gasteiger partial charge on any atom is 0.295 e. The summed E-state index contributed by atoms with van der Waals surface area (Å²) in [6, 6.07) is 8.52. The highest BCUT2D eigenvalue weighted by molar-refractivity contribution is 7.99. The molecule has 6 heteroatoms. The minimum atomic E-state index is 0.203. The van der Waals surface area contributed by atoms with Gasteiger partial charge in [-0.1, -0.05) is 12.1 Å². The van der Waals surface area contributed by atoms with E-state index in [0.717, 1.165) is 43.9 Å². The number of hydrogen-bond acceptors (Lipinski definition) is 6. The molecular formula is C16H21N3O2S. The van der Waals surface area contributed by atoms with Gasteiger partial charge in [-0.05, 0) is 24.3 Å². The first kappa shape index (κ1) is 14.4. The lowest BCUT2D eigenvalue weighted by Gasteiger charge is -2.42. The summed E-state index contributed by atoms with van der Waals surface area (Å²) in [5.41, 5.74) is 1.95. The molecule has 22 heavy (non-hydrogen) atoms. The van der Waals surface area contributed by atoms with Crippen LogP contribution in [0.15, 0.2) is 28.7 Å². The van der Waals surface area contributed by atoms with Crippen LogP contribution in [0.5, 0.6) is 0 Å². The van der Waals surface area contributed by atoms with Crippen LogP contribution in [0.25, 0.3) is 11.1 Å². The number of hydrogen-bond donors (Lipinski definition) is 1. The second-order valence-corrected chi connectivity index (χ2v) is 7.07. The highest BCUT2D eigenvalue weighted by atomic mass is 32.2. The molecule has 0 radical (unpaired) electrons. The fourth-order valence-electron chi connectivity index (χ4n) is 3.32. The van der Waals surface area contributed by atoms with E-state index in [-0.39, 0.29) is 5.54 Å². The third-order valence-electron chi connectivity index (χ3n) is 4.63. The van der Waals surface area contributed by atoms with Gasteiger partial charge in [-0.15, -0.1) is 0 Å². The largest absolute Gasteiger partial charge is 0.424 e. The lowest BCUT2D eigenvalue weighted by molar-refractivity contribution is -0.00933. The van der Waals surface area contributed by atoms with Crippen molar-refractivity contribution in [3.05, 3.63) is 24.3 Å². The molecular weight excluding hydrogens is 298 g/mol. The number of aromatic nitrogens is 1. The highest BCUT2D eigenvalue weighted by Crippen LogP contribution is 2.34. The quantitative estimate of drug-likeness (QED) is 0.934. The fraction of sp³-hybridized carbons (Fsp3) is 0.562. The Morgan fingerprint density at radius 1 is 1.27 bits per heavy atom. The van der Waals surface area contributed by atoms with Gasteiger partial charge in [-0.2, -0.15) is 16.7 Å². The van der Waals surface area contributed by atoms with Crippen LogP contribution < -0.4 is 5.32 Å². The van der Waals surface area contributed by atoms with Crippen LogP contribution in [-0.4, -0.2) is 59.8 Å². The SMILES string of the molecule is c1ccc2oc(NC[C@@]3(N4CCOCC4)CCSC3)nc2c1. The summed E-state index contributed by atoms with van der Waals surface area (Å²) < 4.78 is 11.3. The molecule has 2 aromatic rings. The average Bonchev–Trinajstić information content (AvgIpc) is 3.21. The molecule has 1 aromatic heterocycles. The summed E-state index contributed by atoms with van der Waals surface area (Å²) in [5.74, 6) is 2.40. The van der Waals surface area contributed by atoms with Gasteiger partial charge >= 0.3 is 0 Å². The van der Waals surface area contributed by atoms with Gasteiger partial charge in [-0.25, -0.2) is 0 Å². The Bertz CT molecular complexity index is 600. The van der Waals surface area contributed by atoms with E-state index in [2.05, 4.69) is 15.2 Å². The first-order valence-corrected chi connectivity index (χ1v) is 9.01. The molecule has 2 saturated heterocycles. The summed E-state index contributed by atoms with van der Waals surface area (Å²) in [7, 11) is 0. The smallest absolute Gasteiger partial charge is 0.295 e. The molecule has 2 aliphatic rings. The number of fused-ring (bicyclic) bond motifs is 1. The number of nitrogens with one attached hydrogen (secondary N) is 1. The Hall–Kier alpha value is -1.24. The maximum absolute atomic E-state index is 5.79. The Morgan fingerprint density at radius 3 is 2.91 bits per heavy atom. The first-order valence-electron chi connectivity index (χ1n) is 7.86. The summed E-state index contributed by atoms with van der Waals surface area (Å²) in [5, 5.41) is 3.44. The number of morpholine rings is 1. The van der Waals surface area contributed by atoms with Crippen molar-refractivity contribution in [2.45, 2.75) is 12.0 Å². The highest BCUT2D eigenvalue weighted by Gasteiger charge is 2.40. The van der Waals surface area contributed by atoms with Gasteiger partial charge in [-0.3, -0.25) is 4.90 Å². The van der Waals surface area contributed by atoms with Crippen molar-refractivity contribution in [1.29, 1.82) is 0 Å². The van der Waals surface area contributed by atoms with Crippen LogP contribution in [0, 0.1) is 0 Å². The maximum atomic E-state index is 5.79. The van der Waals surface area contributed by atoms with Gasteiger partial charge in [0.2, 0.25) is 0 Å². The number of anilines is 1. The van der Waals surface area contributed by atoms with Gasteiger partial charge in [0.1, 0.15) is 5.52 Å². The van der Waals surface area contributed by atoms with E-state index in [1.165, 1.54) is 17.9 Å². The molecule has 5 nitrogen and oxygen atoms in total. The number of rotatable bonds is 4. The van der Waals surface area contributed by atoms with E-state index >= 15 is 0 Å². The monoisotopic (exact) mass is 319 g/mol. The number of thioether (sulfide) groups is 1. The zero-order chi connectivity index (χ0) is 14.8. The van der Waals surface area contributed by atoms with Crippen molar-refractivity contribution in [3.8, 4) is 0 Å². The normalized spacial score (nSPS) is 26.5. The van der Waals surface area contributed by atoms with Crippen molar-refractivity contribution in [2.24, 2.45) is 0 Å². The molecule has 4 rings (SSSR count). The summed E-state index contributed by atoms with van der Waals surface area (Å²) in [4.78, 5) is 7.11. The van der Waals surface area contributed by atoms with E-state index < -0.39 is 0 Å². The summed E-state index contributed by atoms with van der Waals surface area (Å²) in [6.07, 6.45) is 1.21. The zero-order valence-electron chi connectivity index (χ0n) is 12.6. The van der Waals surface area contributed by atoms with Crippen LogP contribution in [0.3, 0.4) is 0 Å². The summed E-state index contributed by atoms with van der Waals surface area (Å²) in [6.45, 7) is 4.61. The van der Waals surface area contributed by atoms with Crippen LogP contribution in [-0.2, 0) is 4.74 Å². The van der Waals surface area contributed by atoms with Crippen LogP contribution in [0.1, 0.15) is 6.42 Å². The molecule has 2 aliphatic heterocycles. The second kappa shape index (κ2) is 6.10. The fourth-order valence-corrected chi connectivity index (χ4v) is 4.80. The molecule has 1 N–H and O–H groups in total. The number of nitrogens with zero attached hydrogens (tertiary/aromatic N) is 2. The molecule has 0 saturated carbocycles. The minimum Gasteiger partial charge on any atom is -0.424 e.